The highest BCUT2D eigenvalue weighted by molar-refractivity contribution is 7.98. The van der Waals surface area contributed by atoms with Crippen LogP contribution in [0.15, 0.2) is 63.2 Å². The summed E-state index contributed by atoms with van der Waals surface area (Å²) in [7, 11) is 0. The summed E-state index contributed by atoms with van der Waals surface area (Å²) in [5.41, 5.74) is 8.45. The molecule has 2 aromatic heterocycles. The van der Waals surface area contributed by atoms with Crippen LogP contribution in [-0.4, -0.2) is 42.4 Å². The number of para-hydroxylation sites is 1. The first-order chi connectivity index (χ1) is 16.4. The number of nitro benzene ring substituents is 1. The van der Waals surface area contributed by atoms with Crippen molar-refractivity contribution in [3.8, 4) is 5.82 Å². The number of hydrogen-bond donors (Lipinski definition) is 2. The number of nitro groups is 1. The summed E-state index contributed by atoms with van der Waals surface area (Å²) >= 11 is 7.32. The molecule has 0 aliphatic heterocycles. The van der Waals surface area contributed by atoms with Crippen LogP contribution in [0.5, 0.6) is 0 Å². The average Bonchev–Trinajstić information content (AvgIpc) is 3.44. The van der Waals surface area contributed by atoms with E-state index in [9.17, 15) is 14.9 Å². The average molecular weight is 500 g/mol. The minimum absolute atomic E-state index is 0.0380. The molecule has 2 aromatic carbocycles. The summed E-state index contributed by atoms with van der Waals surface area (Å²) < 4.78 is 5.88. The van der Waals surface area contributed by atoms with Gasteiger partial charge in [0.2, 0.25) is 11.6 Å². The van der Waals surface area contributed by atoms with Crippen molar-refractivity contribution in [1.29, 1.82) is 0 Å². The van der Waals surface area contributed by atoms with Gasteiger partial charge in [0, 0.05) is 21.7 Å². The standard InChI is InChI=1S/C19H14ClN9O4S/c20-12-5-7-13(8-6-12)34-10-15-16(23-27-28(15)18-17(21)25-33-26-18)19(30)24-22-9-11-3-1-2-4-14(11)29(31)32/h1-9H,10H2,(H2,21,25)(H,24,30). The molecule has 34 heavy (non-hydrogen) atoms. The number of nitrogen functional groups attached to an aromatic ring is 1. The van der Waals surface area contributed by atoms with Crippen LogP contribution in [0.4, 0.5) is 11.5 Å². The summed E-state index contributed by atoms with van der Waals surface area (Å²) in [5.74, 6) is -0.411. The van der Waals surface area contributed by atoms with Crippen molar-refractivity contribution in [3.63, 3.8) is 0 Å². The molecule has 1 amide bonds. The lowest BCUT2D eigenvalue weighted by molar-refractivity contribution is -0.385. The van der Waals surface area contributed by atoms with Gasteiger partial charge in [-0.25, -0.2) is 10.1 Å². The number of hydrogen-bond acceptors (Lipinski definition) is 11. The van der Waals surface area contributed by atoms with E-state index in [4.69, 9.17) is 17.3 Å². The molecule has 0 spiro atoms. The number of nitrogens with one attached hydrogen (secondary N) is 1. The maximum absolute atomic E-state index is 12.8. The molecule has 13 nitrogen and oxygen atoms in total. The van der Waals surface area contributed by atoms with Gasteiger partial charge in [-0.15, -0.1) is 16.9 Å². The third-order valence-electron chi connectivity index (χ3n) is 4.37. The molecule has 0 unspecified atom stereocenters. The van der Waals surface area contributed by atoms with Gasteiger partial charge in [0.05, 0.1) is 22.4 Å². The Morgan fingerprint density at radius 2 is 2.03 bits per heavy atom. The monoisotopic (exact) mass is 499 g/mol. The van der Waals surface area contributed by atoms with Gasteiger partial charge in [-0.3, -0.25) is 14.9 Å². The molecular formula is C19H14ClN9O4S. The third kappa shape index (κ3) is 5.02. The second-order valence-electron chi connectivity index (χ2n) is 6.53. The highest BCUT2D eigenvalue weighted by atomic mass is 35.5. The molecule has 0 saturated heterocycles. The van der Waals surface area contributed by atoms with E-state index < -0.39 is 10.8 Å². The molecule has 172 valence electrons. The summed E-state index contributed by atoms with van der Waals surface area (Å²) in [6.45, 7) is 0. The Labute approximate surface area is 200 Å². The second kappa shape index (κ2) is 10.1. The second-order valence-corrected chi connectivity index (χ2v) is 8.01. The molecule has 0 bridgehead atoms. The Hall–Kier alpha value is -4.30. The first kappa shape index (κ1) is 22.9. The van der Waals surface area contributed by atoms with E-state index in [0.29, 0.717) is 10.7 Å². The molecule has 3 N–H and O–H groups in total. The molecule has 0 atom stereocenters. The predicted octanol–water partition coefficient (Wildman–Crippen LogP) is 2.85. The van der Waals surface area contributed by atoms with Crippen LogP contribution in [0.2, 0.25) is 5.02 Å². The number of anilines is 1. The summed E-state index contributed by atoms with van der Waals surface area (Å²) in [6.07, 6.45) is 1.17. The van der Waals surface area contributed by atoms with Crippen molar-refractivity contribution < 1.29 is 14.3 Å². The van der Waals surface area contributed by atoms with Crippen LogP contribution in [-0.2, 0) is 5.75 Å². The van der Waals surface area contributed by atoms with E-state index in [1.165, 1.54) is 40.9 Å². The molecule has 0 saturated carbocycles. The largest absolute Gasteiger partial charge is 0.378 e. The Morgan fingerprint density at radius 3 is 2.74 bits per heavy atom. The van der Waals surface area contributed by atoms with E-state index >= 15 is 0 Å². The first-order valence-electron chi connectivity index (χ1n) is 9.42. The minimum Gasteiger partial charge on any atom is -0.378 e. The predicted molar refractivity (Wildman–Crippen MR) is 123 cm³/mol. The van der Waals surface area contributed by atoms with E-state index in [2.05, 4.69) is 35.8 Å². The lowest BCUT2D eigenvalue weighted by atomic mass is 10.2. The normalized spacial score (nSPS) is 11.1. The molecule has 0 aliphatic rings. The Morgan fingerprint density at radius 1 is 1.26 bits per heavy atom. The Balaban J connectivity index is 1.58. The number of rotatable bonds is 8. The van der Waals surface area contributed by atoms with E-state index in [0.717, 1.165) is 4.90 Å². The van der Waals surface area contributed by atoms with Crippen LogP contribution in [0.25, 0.3) is 5.82 Å². The van der Waals surface area contributed by atoms with Crippen molar-refractivity contribution in [2.24, 2.45) is 5.10 Å². The lowest BCUT2D eigenvalue weighted by Crippen LogP contribution is -2.20. The summed E-state index contributed by atoms with van der Waals surface area (Å²) in [4.78, 5) is 24.3. The highest BCUT2D eigenvalue weighted by Gasteiger charge is 2.24. The fourth-order valence-corrected chi connectivity index (χ4v) is 3.79. The number of hydrazone groups is 1. The van der Waals surface area contributed by atoms with Gasteiger partial charge in [-0.1, -0.05) is 28.9 Å². The molecule has 4 rings (SSSR count). The smallest absolute Gasteiger partial charge is 0.293 e. The molecule has 15 heteroatoms. The Bertz CT molecular complexity index is 1370. The van der Waals surface area contributed by atoms with E-state index in [1.54, 1.807) is 18.2 Å². The molecule has 2 heterocycles. The molecule has 4 aromatic rings. The van der Waals surface area contributed by atoms with E-state index in [-0.39, 0.29) is 34.3 Å². The number of aromatic nitrogens is 5. The first-order valence-corrected chi connectivity index (χ1v) is 10.8. The van der Waals surface area contributed by atoms with Crippen molar-refractivity contribution in [2.45, 2.75) is 10.6 Å². The minimum atomic E-state index is -0.692. The van der Waals surface area contributed by atoms with Gasteiger partial charge >= 0.3 is 0 Å². The third-order valence-corrected chi connectivity index (χ3v) is 5.64. The van der Waals surface area contributed by atoms with Gasteiger partial charge in [-0.05, 0) is 40.6 Å². The summed E-state index contributed by atoms with van der Waals surface area (Å²) in [6, 6.07) is 13.1. The number of amides is 1. The van der Waals surface area contributed by atoms with Gasteiger partial charge in [-0.2, -0.15) is 9.78 Å². The zero-order valence-electron chi connectivity index (χ0n) is 17.0. The van der Waals surface area contributed by atoms with E-state index in [1.807, 2.05) is 12.1 Å². The van der Waals surface area contributed by atoms with Crippen LogP contribution in [0.1, 0.15) is 21.7 Å². The number of carbonyl (C=O) groups excluding carboxylic acids is 1. The molecule has 0 aliphatic carbocycles. The fraction of sp³-hybridized carbons (Fsp3) is 0.0526. The maximum atomic E-state index is 12.8. The summed E-state index contributed by atoms with van der Waals surface area (Å²) in [5, 5.41) is 30.7. The van der Waals surface area contributed by atoms with Gasteiger partial charge in [0.15, 0.2) is 5.69 Å². The van der Waals surface area contributed by atoms with Crippen LogP contribution in [0.3, 0.4) is 0 Å². The zero-order valence-corrected chi connectivity index (χ0v) is 18.6. The van der Waals surface area contributed by atoms with Crippen LogP contribution in [0, 0.1) is 10.1 Å². The van der Waals surface area contributed by atoms with Crippen molar-refractivity contribution in [2.75, 3.05) is 5.73 Å². The number of nitrogens with two attached hydrogens (primary N) is 1. The van der Waals surface area contributed by atoms with Crippen molar-refractivity contribution in [1.82, 2.24) is 30.7 Å². The highest BCUT2D eigenvalue weighted by Crippen LogP contribution is 2.27. The molecular weight excluding hydrogens is 486 g/mol. The molecule has 0 fully saturated rings. The fourth-order valence-electron chi connectivity index (χ4n) is 2.77. The number of halogens is 1. The van der Waals surface area contributed by atoms with Gasteiger partial charge < -0.3 is 5.73 Å². The Kier molecular flexibility index (Phi) is 6.79. The van der Waals surface area contributed by atoms with Crippen molar-refractivity contribution in [3.05, 3.63) is 80.6 Å². The SMILES string of the molecule is Nc1nonc1-n1nnc(C(=O)NN=Cc2ccccc2[N+](=O)[O-])c1CSc1ccc(Cl)cc1. The quantitative estimate of drug-likeness (QED) is 0.158. The number of carbonyl (C=O) groups is 1. The number of nitrogens with zero attached hydrogens (tertiary/aromatic N) is 7. The topological polar surface area (TPSA) is 180 Å². The van der Waals surface area contributed by atoms with Crippen LogP contribution >= 0.6 is 23.4 Å². The number of benzene rings is 2. The zero-order chi connectivity index (χ0) is 24.1. The lowest BCUT2D eigenvalue weighted by Gasteiger charge is -2.06. The van der Waals surface area contributed by atoms with Crippen LogP contribution < -0.4 is 11.2 Å². The number of thioether (sulfide) groups is 1. The maximum Gasteiger partial charge on any atom is 0.293 e. The van der Waals surface area contributed by atoms with Gasteiger partial charge in [0.25, 0.3) is 11.6 Å². The van der Waals surface area contributed by atoms with Crippen molar-refractivity contribution >= 4 is 47.0 Å². The van der Waals surface area contributed by atoms with Gasteiger partial charge in [0.1, 0.15) is 0 Å². The molecule has 0 radical (unpaired) electrons.